The Morgan fingerprint density at radius 1 is 1.57 bits per heavy atom. The van der Waals surface area contributed by atoms with Gasteiger partial charge in [0.2, 0.25) is 5.91 Å². The molecule has 1 rings (SSSR count). The van der Waals surface area contributed by atoms with Gasteiger partial charge in [-0.3, -0.25) is 9.59 Å². The molecule has 0 aromatic rings. The molecule has 21 heavy (non-hydrogen) atoms. The van der Waals surface area contributed by atoms with Crippen molar-refractivity contribution in [2.24, 2.45) is 0 Å². The van der Waals surface area contributed by atoms with E-state index in [-0.39, 0.29) is 25.2 Å². The molecule has 2 amide bonds. The van der Waals surface area contributed by atoms with Crippen molar-refractivity contribution in [3.05, 3.63) is 12.7 Å². The molecule has 2 atom stereocenters. The van der Waals surface area contributed by atoms with E-state index in [9.17, 15) is 14.4 Å². The van der Waals surface area contributed by atoms with Gasteiger partial charge >= 0.3 is 12.1 Å². The minimum Gasteiger partial charge on any atom is -0.481 e. The fraction of sp³-hybridized carbons (Fsp3) is 0.643. The van der Waals surface area contributed by atoms with Crippen molar-refractivity contribution in [3.8, 4) is 0 Å². The van der Waals surface area contributed by atoms with Crippen LogP contribution in [0.4, 0.5) is 4.79 Å². The summed E-state index contributed by atoms with van der Waals surface area (Å²) in [5.41, 5.74) is -1.74. The normalized spacial score (nSPS) is 25.1. The van der Waals surface area contributed by atoms with Gasteiger partial charge in [0.15, 0.2) is 0 Å². The molecule has 0 aliphatic carbocycles. The zero-order valence-electron chi connectivity index (χ0n) is 12.6. The third-order valence-corrected chi connectivity index (χ3v) is 3.11. The predicted molar refractivity (Wildman–Crippen MR) is 75.7 cm³/mol. The van der Waals surface area contributed by atoms with Crippen LogP contribution in [0.2, 0.25) is 0 Å². The Kier molecular flexibility index (Phi) is 4.98. The van der Waals surface area contributed by atoms with E-state index in [1.54, 1.807) is 20.8 Å². The number of hydrogen-bond acceptors (Lipinski definition) is 4. The molecule has 0 spiro atoms. The first-order valence-corrected chi connectivity index (χ1v) is 6.71. The number of nitrogens with one attached hydrogen (secondary N) is 2. The zero-order chi connectivity index (χ0) is 16.3. The standard InChI is InChI=1S/C14H22N2O5/c1-5-6-14(8-11(18)19)9(7-10(17)16-14)15-12(20)21-13(2,3)4/h5,9H,1,6-8H2,2-4H3,(H,15,20)(H,16,17)(H,18,19)/t9-,14+/m0/s1. The molecule has 0 aromatic carbocycles. The maximum Gasteiger partial charge on any atom is 0.407 e. The number of ether oxygens (including phenoxy) is 1. The van der Waals surface area contributed by atoms with Crippen molar-refractivity contribution in [2.75, 3.05) is 0 Å². The van der Waals surface area contributed by atoms with Crippen LogP contribution >= 0.6 is 0 Å². The van der Waals surface area contributed by atoms with Gasteiger partial charge < -0.3 is 20.5 Å². The van der Waals surface area contributed by atoms with Crippen molar-refractivity contribution < 1.29 is 24.2 Å². The second-order valence-corrected chi connectivity index (χ2v) is 6.17. The van der Waals surface area contributed by atoms with Crippen LogP contribution in [0.25, 0.3) is 0 Å². The molecule has 1 aliphatic heterocycles. The van der Waals surface area contributed by atoms with Gasteiger partial charge in [-0.15, -0.1) is 6.58 Å². The number of alkyl carbamates (subject to hydrolysis) is 1. The average molecular weight is 298 g/mol. The molecule has 1 heterocycles. The summed E-state index contributed by atoms with van der Waals surface area (Å²) in [5, 5.41) is 14.3. The van der Waals surface area contributed by atoms with E-state index in [1.165, 1.54) is 6.08 Å². The zero-order valence-corrected chi connectivity index (χ0v) is 12.6. The Balaban J connectivity index is 2.90. The molecule has 1 aliphatic rings. The lowest BCUT2D eigenvalue weighted by Crippen LogP contribution is -2.56. The molecule has 0 saturated carbocycles. The number of aliphatic carboxylic acids is 1. The van der Waals surface area contributed by atoms with Gasteiger partial charge in [0, 0.05) is 6.42 Å². The predicted octanol–water partition coefficient (Wildman–Crippen LogP) is 1.19. The van der Waals surface area contributed by atoms with Gasteiger partial charge in [-0.1, -0.05) is 6.08 Å². The first-order chi connectivity index (χ1) is 9.58. The first-order valence-electron chi connectivity index (χ1n) is 6.71. The highest BCUT2D eigenvalue weighted by molar-refractivity contribution is 5.84. The minimum atomic E-state index is -1.07. The van der Waals surface area contributed by atoms with Crippen molar-refractivity contribution >= 4 is 18.0 Å². The summed E-state index contributed by atoms with van der Waals surface area (Å²) in [6, 6.07) is -0.658. The first kappa shape index (κ1) is 17.0. The summed E-state index contributed by atoms with van der Waals surface area (Å²) in [6.45, 7) is 8.75. The van der Waals surface area contributed by atoms with Crippen LogP contribution in [-0.4, -0.2) is 40.3 Å². The van der Waals surface area contributed by atoms with Crippen LogP contribution in [0.15, 0.2) is 12.7 Å². The number of hydrogen-bond donors (Lipinski definition) is 3. The van der Waals surface area contributed by atoms with Crippen LogP contribution in [0.1, 0.15) is 40.0 Å². The van der Waals surface area contributed by atoms with Crippen LogP contribution in [-0.2, 0) is 14.3 Å². The molecular formula is C14H22N2O5. The van der Waals surface area contributed by atoms with Crippen LogP contribution < -0.4 is 10.6 Å². The quantitative estimate of drug-likeness (QED) is 0.661. The molecule has 0 unspecified atom stereocenters. The molecule has 1 fully saturated rings. The topological polar surface area (TPSA) is 105 Å². The summed E-state index contributed by atoms with van der Waals surface area (Å²) in [7, 11) is 0. The van der Waals surface area contributed by atoms with Crippen LogP contribution in [0.3, 0.4) is 0 Å². The lowest BCUT2D eigenvalue weighted by molar-refractivity contribution is -0.138. The van der Waals surface area contributed by atoms with E-state index in [0.29, 0.717) is 0 Å². The van der Waals surface area contributed by atoms with Gasteiger partial charge in [-0.05, 0) is 27.2 Å². The summed E-state index contributed by atoms with van der Waals surface area (Å²) < 4.78 is 5.15. The molecular weight excluding hydrogens is 276 g/mol. The van der Waals surface area contributed by atoms with E-state index >= 15 is 0 Å². The summed E-state index contributed by atoms with van der Waals surface area (Å²) in [5.74, 6) is -1.37. The van der Waals surface area contributed by atoms with Gasteiger partial charge in [0.1, 0.15) is 5.60 Å². The van der Waals surface area contributed by atoms with Crippen LogP contribution in [0, 0.1) is 0 Å². The van der Waals surface area contributed by atoms with Gasteiger partial charge in [0.05, 0.1) is 18.0 Å². The number of carbonyl (C=O) groups excluding carboxylic acids is 2. The highest BCUT2D eigenvalue weighted by atomic mass is 16.6. The monoisotopic (exact) mass is 298 g/mol. The molecule has 1 saturated heterocycles. The number of rotatable bonds is 5. The van der Waals surface area contributed by atoms with E-state index in [2.05, 4.69) is 17.2 Å². The lowest BCUT2D eigenvalue weighted by Gasteiger charge is -2.33. The fourth-order valence-corrected chi connectivity index (χ4v) is 2.40. The third-order valence-electron chi connectivity index (χ3n) is 3.11. The molecule has 7 nitrogen and oxygen atoms in total. The maximum atomic E-state index is 11.9. The van der Waals surface area contributed by atoms with Gasteiger partial charge in [-0.2, -0.15) is 0 Å². The number of amides is 2. The van der Waals surface area contributed by atoms with Crippen molar-refractivity contribution in [3.63, 3.8) is 0 Å². The SMILES string of the molecule is C=CC[C@]1(CC(=O)O)NC(=O)C[C@@H]1NC(=O)OC(C)(C)C. The Bertz CT molecular complexity index is 455. The molecule has 3 N–H and O–H groups in total. The average Bonchev–Trinajstić information content (AvgIpc) is 2.51. The lowest BCUT2D eigenvalue weighted by atomic mass is 9.85. The smallest absolute Gasteiger partial charge is 0.407 e. The third kappa shape index (κ3) is 4.77. The highest BCUT2D eigenvalue weighted by Gasteiger charge is 2.48. The molecule has 0 bridgehead atoms. The molecule has 7 heteroatoms. The number of carbonyl (C=O) groups is 3. The van der Waals surface area contributed by atoms with Crippen molar-refractivity contribution in [1.82, 2.24) is 10.6 Å². The highest BCUT2D eigenvalue weighted by Crippen LogP contribution is 2.29. The van der Waals surface area contributed by atoms with E-state index < -0.39 is 29.2 Å². The van der Waals surface area contributed by atoms with E-state index in [4.69, 9.17) is 9.84 Å². The van der Waals surface area contributed by atoms with Gasteiger partial charge in [0.25, 0.3) is 0 Å². The van der Waals surface area contributed by atoms with Gasteiger partial charge in [-0.25, -0.2) is 4.79 Å². The Hall–Kier alpha value is -2.05. The number of carboxylic acids is 1. The summed E-state index contributed by atoms with van der Waals surface area (Å²) in [6.07, 6.45) is 0.804. The maximum absolute atomic E-state index is 11.9. The second kappa shape index (κ2) is 6.15. The second-order valence-electron chi connectivity index (χ2n) is 6.17. The molecule has 0 aromatic heterocycles. The molecule has 0 radical (unpaired) electrons. The Morgan fingerprint density at radius 3 is 2.67 bits per heavy atom. The minimum absolute atomic E-state index is 0.0142. The van der Waals surface area contributed by atoms with Crippen molar-refractivity contribution in [2.45, 2.75) is 57.2 Å². The van der Waals surface area contributed by atoms with E-state index in [0.717, 1.165) is 0 Å². The Labute approximate surface area is 123 Å². The molecule has 118 valence electrons. The largest absolute Gasteiger partial charge is 0.481 e. The van der Waals surface area contributed by atoms with E-state index in [1.807, 2.05) is 0 Å². The fourth-order valence-electron chi connectivity index (χ4n) is 2.40. The number of carboxylic acid groups (broad SMARTS) is 1. The van der Waals surface area contributed by atoms with Crippen LogP contribution in [0.5, 0.6) is 0 Å². The summed E-state index contributed by atoms with van der Waals surface area (Å²) in [4.78, 5) is 34.6. The Morgan fingerprint density at radius 2 is 2.19 bits per heavy atom. The summed E-state index contributed by atoms with van der Waals surface area (Å²) >= 11 is 0. The van der Waals surface area contributed by atoms with Crippen molar-refractivity contribution in [1.29, 1.82) is 0 Å².